The van der Waals surface area contributed by atoms with Crippen LogP contribution in [0.4, 0.5) is 0 Å². The van der Waals surface area contributed by atoms with Gasteiger partial charge in [0.25, 0.3) is 0 Å². The van der Waals surface area contributed by atoms with E-state index in [1.807, 2.05) is 19.9 Å². The van der Waals surface area contributed by atoms with Crippen molar-refractivity contribution in [3.63, 3.8) is 0 Å². The van der Waals surface area contributed by atoms with Crippen molar-refractivity contribution in [2.24, 2.45) is 0 Å². The molecule has 0 saturated heterocycles. The van der Waals surface area contributed by atoms with Crippen LogP contribution in [0.1, 0.15) is 20.9 Å². The van der Waals surface area contributed by atoms with E-state index >= 15 is 0 Å². The Hall–Kier alpha value is -1.27. The Morgan fingerprint density at radius 2 is 2.19 bits per heavy atom. The zero-order chi connectivity index (χ0) is 11.5. The van der Waals surface area contributed by atoms with E-state index in [0.717, 1.165) is 26.2 Å². The van der Waals surface area contributed by atoms with Crippen LogP contribution in [0.5, 0.6) is 0 Å². The van der Waals surface area contributed by atoms with Crippen molar-refractivity contribution in [3.05, 3.63) is 28.4 Å². The Labute approximate surface area is 101 Å². The first-order valence-corrected chi connectivity index (χ1v) is 6.22. The summed E-state index contributed by atoms with van der Waals surface area (Å²) in [5.41, 5.74) is 1.57. The molecule has 0 bridgehead atoms. The second kappa shape index (κ2) is 4.71. The normalized spacial score (nSPS) is 10.4. The SMILES string of the molecule is Cc1nnc(Sc2ncc(C=O)cc2C)s1. The van der Waals surface area contributed by atoms with Crippen molar-refractivity contribution in [1.82, 2.24) is 15.2 Å². The van der Waals surface area contributed by atoms with Gasteiger partial charge in [0.15, 0.2) is 10.6 Å². The number of carbonyl (C=O) groups is 1. The highest BCUT2D eigenvalue weighted by atomic mass is 32.2. The number of rotatable bonds is 3. The third-order valence-electron chi connectivity index (χ3n) is 1.88. The molecule has 0 spiro atoms. The Morgan fingerprint density at radius 3 is 2.75 bits per heavy atom. The van der Waals surface area contributed by atoms with Crippen LogP contribution in [-0.4, -0.2) is 21.5 Å². The summed E-state index contributed by atoms with van der Waals surface area (Å²) in [6.07, 6.45) is 2.36. The molecule has 0 unspecified atom stereocenters. The highest BCUT2D eigenvalue weighted by Crippen LogP contribution is 2.30. The van der Waals surface area contributed by atoms with Crippen LogP contribution in [-0.2, 0) is 0 Å². The number of carbonyl (C=O) groups excluding carboxylic acids is 1. The zero-order valence-corrected chi connectivity index (χ0v) is 10.4. The molecule has 0 atom stereocenters. The first-order valence-electron chi connectivity index (χ1n) is 4.59. The van der Waals surface area contributed by atoms with Crippen LogP contribution in [0.25, 0.3) is 0 Å². The molecule has 0 N–H and O–H groups in total. The molecular formula is C10H9N3OS2. The Balaban J connectivity index is 2.25. The van der Waals surface area contributed by atoms with E-state index < -0.39 is 0 Å². The van der Waals surface area contributed by atoms with Crippen molar-refractivity contribution in [2.45, 2.75) is 23.2 Å². The average Bonchev–Trinajstić information content (AvgIpc) is 2.67. The molecule has 2 aromatic rings. The minimum absolute atomic E-state index is 0.593. The lowest BCUT2D eigenvalue weighted by atomic mass is 10.2. The van der Waals surface area contributed by atoms with E-state index in [1.54, 1.807) is 6.20 Å². The third-order valence-corrected chi connectivity index (χ3v) is 3.89. The minimum atomic E-state index is 0.593. The molecule has 0 aliphatic heterocycles. The summed E-state index contributed by atoms with van der Waals surface area (Å²) in [4.78, 5) is 14.8. The number of hydrogen-bond donors (Lipinski definition) is 0. The lowest BCUT2D eigenvalue weighted by molar-refractivity contribution is 0.112. The molecule has 2 rings (SSSR count). The van der Waals surface area contributed by atoms with E-state index in [-0.39, 0.29) is 0 Å². The first kappa shape index (κ1) is 11.2. The van der Waals surface area contributed by atoms with Crippen LogP contribution < -0.4 is 0 Å². The summed E-state index contributed by atoms with van der Waals surface area (Å²) in [6, 6.07) is 1.82. The highest BCUT2D eigenvalue weighted by molar-refractivity contribution is 8.01. The average molecular weight is 251 g/mol. The number of aldehydes is 1. The van der Waals surface area contributed by atoms with Crippen LogP contribution in [0.3, 0.4) is 0 Å². The maximum Gasteiger partial charge on any atom is 0.180 e. The van der Waals surface area contributed by atoms with Crippen molar-refractivity contribution in [2.75, 3.05) is 0 Å². The monoisotopic (exact) mass is 251 g/mol. The molecule has 16 heavy (non-hydrogen) atoms. The zero-order valence-electron chi connectivity index (χ0n) is 8.80. The molecule has 2 heterocycles. The van der Waals surface area contributed by atoms with Crippen molar-refractivity contribution in [3.8, 4) is 0 Å². The van der Waals surface area contributed by atoms with Gasteiger partial charge in [-0.05, 0) is 37.2 Å². The summed E-state index contributed by atoms with van der Waals surface area (Å²) >= 11 is 3.00. The summed E-state index contributed by atoms with van der Waals surface area (Å²) in [6.45, 7) is 3.84. The number of aryl methyl sites for hydroxylation is 2. The smallest absolute Gasteiger partial charge is 0.180 e. The molecule has 0 aliphatic carbocycles. The van der Waals surface area contributed by atoms with Gasteiger partial charge in [0.1, 0.15) is 10.0 Å². The molecule has 6 heteroatoms. The van der Waals surface area contributed by atoms with Crippen LogP contribution in [0.2, 0.25) is 0 Å². The quantitative estimate of drug-likeness (QED) is 0.784. The van der Waals surface area contributed by atoms with Gasteiger partial charge in [-0.2, -0.15) is 0 Å². The molecule has 0 aliphatic rings. The van der Waals surface area contributed by atoms with Gasteiger partial charge in [-0.15, -0.1) is 10.2 Å². The third kappa shape index (κ3) is 2.45. The Kier molecular flexibility index (Phi) is 3.31. The van der Waals surface area contributed by atoms with Crippen molar-refractivity contribution in [1.29, 1.82) is 0 Å². The van der Waals surface area contributed by atoms with Gasteiger partial charge >= 0.3 is 0 Å². The predicted octanol–water partition coefficient (Wildman–Crippen LogP) is 2.51. The van der Waals surface area contributed by atoms with Gasteiger partial charge in [0, 0.05) is 11.8 Å². The van der Waals surface area contributed by atoms with Gasteiger partial charge in [0.2, 0.25) is 0 Å². The molecular weight excluding hydrogens is 242 g/mol. The number of hydrogen-bond acceptors (Lipinski definition) is 6. The molecule has 0 saturated carbocycles. The van der Waals surface area contributed by atoms with E-state index in [2.05, 4.69) is 15.2 Å². The number of pyridine rings is 1. The predicted molar refractivity (Wildman–Crippen MR) is 63.1 cm³/mol. The van der Waals surface area contributed by atoms with E-state index in [1.165, 1.54) is 23.1 Å². The highest BCUT2D eigenvalue weighted by Gasteiger charge is 2.07. The number of nitrogens with zero attached hydrogens (tertiary/aromatic N) is 3. The molecule has 0 amide bonds. The van der Waals surface area contributed by atoms with Crippen molar-refractivity contribution >= 4 is 29.4 Å². The second-order valence-corrected chi connectivity index (χ2v) is 5.62. The topological polar surface area (TPSA) is 55.7 Å². The maximum absolute atomic E-state index is 10.6. The van der Waals surface area contributed by atoms with E-state index in [0.29, 0.717) is 5.56 Å². The van der Waals surface area contributed by atoms with Crippen molar-refractivity contribution < 1.29 is 4.79 Å². The van der Waals surface area contributed by atoms with Gasteiger partial charge in [-0.1, -0.05) is 11.3 Å². The summed E-state index contributed by atoms with van der Waals surface area (Å²) in [7, 11) is 0. The molecule has 0 radical (unpaired) electrons. The summed E-state index contributed by atoms with van der Waals surface area (Å²) in [5.74, 6) is 0. The van der Waals surface area contributed by atoms with Crippen LogP contribution >= 0.6 is 23.1 Å². The fraction of sp³-hybridized carbons (Fsp3) is 0.200. The Bertz CT molecular complexity index is 525. The molecule has 82 valence electrons. The molecule has 4 nitrogen and oxygen atoms in total. The summed E-state index contributed by atoms with van der Waals surface area (Å²) < 4.78 is 0.868. The van der Waals surface area contributed by atoms with E-state index in [4.69, 9.17) is 0 Å². The van der Waals surface area contributed by atoms with E-state index in [9.17, 15) is 4.79 Å². The van der Waals surface area contributed by atoms with Gasteiger partial charge in [-0.3, -0.25) is 4.79 Å². The molecule has 2 aromatic heterocycles. The van der Waals surface area contributed by atoms with Gasteiger partial charge in [-0.25, -0.2) is 4.98 Å². The molecule has 0 aromatic carbocycles. The maximum atomic E-state index is 10.6. The lowest BCUT2D eigenvalue weighted by Crippen LogP contribution is -1.89. The van der Waals surface area contributed by atoms with Gasteiger partial charge in [0.05, 0.1) is 0 Å². The molecule has 0 fully saturated rings. The fourth-order valence-corrected chi connectivity index (χ4v) is 2.91. The summed E-state index contributed by atoms with van der Waals surface area (Å²) in [5, 5.41) is 9.75. The number of aromatic nitrogens is 3. The largest absolute Gasteiger partial charge is 0.298 e. The van der Waals surface area contributed by atoms with Gasteiger partial charge < -0.3 is 0 Å². The standard InChI is InChI=1S/C10H9N3OS2/c1-6-3-8(5-14)4-11-9(6)16-10-13-12-7(2)15-10/h3-5H,1-2H3. The first-order chi connectivity index (χ1) is 7.69. The lowest BCUT2D eigenvalue weighted by Gasteiger charge is -2.01. The fourth-order valence-electron chi connectivity index (χ4n) is 1.16. The minimum Gasteiger partial charge on any atom is -0.298 e. The van der Waals surface area contributed by atoms with Crippen LogP contribution in [0, 0.1) is 13.8 Å². The van der Waals surface area contributed by atoms with Crippen LogP contribution in [0.15, 0.2) is 21.6 Å². The Morgan fingerprint density at radius 1 is 1.38 bits per heavy atom. The second-order valence-electron chi connectivity index (χ2n) is 3.20.